The predicted molar refractivity (Wildman–Crippen MR) is 117 cm³/mol. The normalized spacial score (nSPS) is 16.0. The van der Waals surface area contributed by atoms with E-state index in [0.717, 1.165) is 62.7 Å². The molecule has 5 nitrogen and oxygen atoms in total. The molecule has 0 saturated carbocycles. The smallest absolute Gasteiger partial charge is 0.191 e. The second-order valence-electron chi connectivity index (χ2n) is 6.65. The van der Waals surface area contributed by atoms with Crippen molar-refractivity contribution in [1.82, 2.24) is 15.5 Å². The first-order valence-corrected chi connectivity index (χ1v) is 9.19. The molecule has 0 bridgehead atoms. The molecule has 0 radical (unpaired) electrons. The summed E-state index contributed by atoms with van der Waals surface area (Å²) in [7, 11) is 1.80. The zero-order chi connectivity index (χ0) is 18.2. The van der Waals surface area contributed by atoms with Gasteiger partial charge in [-0.15, -0.1) is 24.0 Å². The van der Waals surface area contributed by atoms with Crippen molar-refractivity contribution >= 4 is 29.9 Å². The average molecular weight is 486 g/mol. The minimum atomic E-state index is -0.178. The molecule has 1 aromatic carbocycles. The average Bonchev–Trinajstić information content (AvgIpc) is 3.18. The Bertz CT molecular complexity index is 683. The topological polar surface area (TPSA) is 52.8 Å². The number of guanidine groups is 1. The van der Waals surface area contributed by atoms with E-state index in [2.05, 4.69) is 20.5 Å². The van der Waals surface area contributed by atoms with Gasteiger partial charge < -0.3 is 15.1 Å². The highest BCUT2D eigenvalue weighted by Crippen LogP contribution is 2.14. The van der Waals surface area contributed by atoms with E-state index in [1.165, 1.54) is 12.1 Å². The van der Waals surface area contributed by atoms with Gasteiger partial charge in [-0.05, 0) is 42.7 Å². The molecule has 1 aliphatic rings. The number of furan rings is 1. The fourth-order valence-electron chi connectivity index (χ4n) is 3.23. The molecule has 3 rings (SSSR count). The number of hydrogen-bond acceptors (Lipinski definition) is 3. The summed E-state index contributed by atoms with van der Waals surface area (Å²) in [6.07, 6.45) is 4.67. The third-order valence-electron chi connectivity index (χ3n) is 4.72. The third kappa shape index (κ3) is 7.14. The number of hydrogen-bond donors (Lipinski definition) is 2. The molecule has 2 heterocycles. The maximum Gasteiger partial charge on any atom is 0.191 e. The van der Waals surface area contributed by atoms with Crippen molar-refractivity contribution in [2.24, 2.45) is 4.99 Å². The van der Waals surface area contributed by atoms with Gasteiger partial charge in [-0.2, -0.15) is 0 Å². The molecular formula is C20H28FIN4O. The van der Waals surface area contributed by atoms with Gasteiger partial charge in [-0.3, -0.25) is 9.89 Å². The molecule has 7 heteroatoms. The highest BCUT2D eigenvalue weighted by molar-refractivity contribution is 14.0. The van der Waals surface area contributed by atoms with Crippen LogP contribution in [0.5, 0.6) is 0 Å². The minimum absolute atomic E-state index is 0. The molecule has 0 spiro atoms. The lowest BCUT2D eigenvalue weighted by Gasteiger charge is -2.33. The van der Waals surface area contributed by atoms with Crippen LogP contribution < -0.4 is 10.6 Å². The van der Waals surface area contributed by atoms with Crippen LogP contribution in [0.25, 0.3) is 0 Å². The van der Waals surface area contributed by atoms with Gasteiger partial charge in [0.05, 0.1) is 6.26 Å². The van der Waals surface area contributed by atoms with Gasteiger partial charge in [0.15, 0.2) is 5.96 Å². The molecule has 148 valence electrons. The minimum Gasteiger partial charge on any atom is -0.469 e. The summed E-state index contributed by atoms with van der Waals surface area (Å²) in [5.74, 6) is 1.64. The number of nitrogens with one attached hydrogen (secondary N) is 2. The summed E-state index contributed by atoms with van der Waals surface area (Å²) in [4.78, 5) is 6.73. The van der Waals surface area contributed by atoms with Gasteiger partial charge in [0.25, 0.3) is 0 Å². The summed E-state index contributed by atoms with van der Waals surface area (Å²) < 4.78 is 18.3. The van der Waals surface area contributed by atoms with Crippen molar-refractivity contribution in [2.75, 3.05) is 26.7 Å². The molecule has 0 unspecified atom stereocenters. The number of benzene rings is 1. The van der Waals surface area contributed by atoms with Crippen molar-refractivity contribution in [2.45, 2.75) is 31.8 Å². The summed E-state index contributed by atoms with van der Waals surface area (Å²) in [6, 6.07) is 11.1. The standard InChI is InChI=1S/C20H27FN4O.HI/c1-22-20(23-11-8-19-3-2-14-26-19)24-18-9-12-25(13-10-18)15-16-4-6-17(21)7-5-16;/h2-7,14,18H,8-13,15H2,1H3,(H2,22,23,24);1H. The number of halogens is 2. The Morgan fingerprint density at radius 1 is 1.22 bits per heavy atom. The fraction of sp³-hybridized carbons (Fsp3) is 0.450. The zero-order valence-corrected chi connectivity index (χ0v) is 18.0. The van der Waals surface area contributed by atoms with Crippen molar-refractivity contribution in [3.05, 3.63) is 59.8 Å². The van der Waals surface area contributed by atoms with Crippen LogP contribution in [-0.2, 0) is 13.0 Å². The van der Waals surface area contributed by atoms with Crippen LogP contribution in [0.2, 0.25) is 0 Å². The zero-order valence-electron chi connectivity index (χ0n) is 15.7. The molecule has 0 atom stereocenters. The van der Waals surface area contributed by atoms with Gasteiger partial charge in [-0.25, -0.2) is 4.39 Å². The Labute approximate surface area is 177 Å². The lowest BCUT2D eigenvalue weighted by Crippen LogP contribution is -2.48. The monoisotopic (exact) mass is 486 g/mol. The van der Waals surface area contributed by atoms with E-state index >= 15 is 0 Å². The number of rotatable bonds is 6. The molecule has 2 N–H and O–H groups in total. The summed E-state index contributed by atoms with van der Waals surface area (Å²) in [5.41, 5.74) is 1.16. The van der Waals surface area contributed by atoms with Crippen molar-refractivity contribution in [3.8, 4) is 0 Å². The van der Waals surface area contributed by atoms with E-state index in [1.807, 2.05) is 24.3 Å². The predicted octanol–water partition coefficient (Wildman–Crippen LogP) is 3.41. The lowest BCUT2D eigenvalue weighted by atomic mass is 10.0. The third-order valence-corrected chi connectivity index (χ3v) is 4.72. The second-order valence-corrected chi connectivity index (χ2v) is 6.65. The summed E-state index contributed by atoms with van der Waals surface area (Å²) >= 11 is 0. The van der Waals surface area contributed by atoms with Crippen molar-refractivity contribution in [1.29, 1.82) is 0 Å². The van der Waals surface area contributed by atoms with Crippen LogP contribution in [0, 0.1) is 5.82 Å². The highest BCUT2D eigenvalue weighted by atomic mass is 127. The Balaban J connectivity index is 0.00000261. The van der Waals surface area contributed by atoms with Gasteiger partial charge in [0.1, 0.15) is 11.6 Å². The van der Waals surface area contributed by atoms with Gasteiger partial charge >= 0.3 is 0 Å². The first kappa shape index (κ1) is 21.7. The maximum atomic E-state index is 13.0. The quantitative estimate of drug-likeness (QED) is 0.374. The van der Waals surface area contributed by atoms with Gasteiger partial charge in [0.2, 0.25) is 0 Å². The lowest BCUT2D eigenvalue weighted by molar-refractivity contribution is 0.198. The first-order chi connectivity index (χ1) is 12.7. The fourth-order valence-corrected chi connectivity index (χ4v) is 3.23. The number of aliphatic imine (C=N–C) groups is 1. The SMILES string of the molecule is CN=C(NCCc1ccco1)NC1CCN(Cc2ccc(F)cc2)CC1.I. The van der Waals surface area contributed by atoms with E-state index in [-0.39, 0.29) is 29.8 Å². The Morgan fingerprint density at radius 3 is 2.59 bits per heavy atom. The molecular weight excluding hydrogens is 458 g/mol. The molecule has 1 saturated heterocycles. The van der Waals surface area contributed by atoms with Gasteiger partial charge in [0, 0.05) is 45.7 Å². The molecule has 27 heavy (non-hydrogen) atoms. The van der Waals surface area contributed by atoms with Crippen molar-refractivity contribution < 1.29 is 8.81 Å². The Kier molecular flexibility index (Phi) is 9.06. The molecule has 1 fully saturated rings. The number of piperidine rings is 1. The maximum absolute atomic E-state index is 13.0. The number of nitrogens with zero attached hydrogens (tertiary/aromatic N) is 2. The second kappa shape index (κ2) is 11.3. The van der Waals surface area contributed by atoms with Crippen molar-refractivity contribution in [3.63, 3.8) is 0 Å². The van der Waals surface area contributed by atoms with E-state index < -0.39 is 0 Å². The van der Waals surface area contributed by atoms with Crippen LogP contribution >= 0.6 is 24.0 Å². The van der Waals surface area contributed by atoms with E-state index in [4.69, 9.17) is 4.42 Å². The van der Waals surface area contributed by atoms with E-state index in [1.54, 1.807) is 13.3 Å². The molecule has 2 aromatic rings. The van der Waals surface area contributed by atoms with Gasteiger partial charge in [-0.1, -0.05) is 12.1 Å². The summed E-state index contributed by atoms with van der Waals surface area (Å²) in [6.45, 7) is 3.72. The Hall–Kier alpha value is -1.61. The van der Waals surface area contributed by atoms with Crippen LogP contribution in [0.1, 0.15) is 24.2 Å². The molecule has 1 aliphatic heterocycles. The van der Waals surface area contributed by atoms with Crippen LogP contribution in [0.3, 0.4) is 0 Å². The molecule has 1 aromatic heterocycles. The van der Waals surface area contributed by atoms with Crippen LogP contribution in [0.15, 0.2) is 52.1 Å². The molecule has 0 aliphatic carbocycles. The van der Waals surface area contributed by atoms with Crippen LogP contribution in [-0.4, -0.2) is 43.6 Å². The Morgan fingerprint density at radius 2 is 1.96 bits per heavy atom. The van der Waals surface area contributed by atoms with E-state index in [0.29, 0.717) is 6.04 Å². The van der Waals surface area contributed by atoms with Crippen LogP contribution in [0.4, 0.5) is 4.39 Å². The molecule has 0 amide bonds. The first-order valence-electron chi connectivity index (χ1n) is 9.19. The number of likely N-dealkylation sites (tertiary alicyclic amines) is 1. The largest absolute Gasteiger partial charge is 0.469 e. The highest BCUT2D eigenvalue weighted by Gasteiger charge is 2.20. The van der Waals surface area contributed by atoms with E-state index in [9.17, 15) is 4.39 Å². The summed E-state index contributed by atoms with van der Waals surface area (Å²) in [5, 5.41) is 6.85.